The van der Waals surface area contributed by atoms with Crippen molar-refractivity contribution in [2.75, 3.05) is 13.2 Å². The number of rotatable bonds is 7. The predicted octanol–water partition coefficient (Wildman–Crippen LogP) is 2.46. The number of hydrogen-bond acceptors (Lipinski definition) is 3. The molecule has 1 fully saturated rings. The lowest BCUT2D eigenvalue weighted by Gasteiger charge is -2.35. The van der Waals surface area contributed by atoms with Crippen molar-refractivity contribution in [2.45, 2.75) is 58.4 Å². The second-order valence-electron chi connectivity index (χ2n) is 4.98. The first-order valence-electron chi connectivity index (χ1n) is 6.87. The summed E-state index contributed by atoms with van der Waals surface area (Å²) in [6.45, 7) is 6.34. The van der Waals surface area contributed by atoms with Gasteiger partial charge in [0.05, 0.1) is 6.61 Å². The third kappa shape index (κ3) is 4.04. The van der Waals surface area contributed by atoms with E-state index in [1.807, 2.05) is 0 Å². The maximum absolute atomic E-state index is 5.75. The summed E-state index contributed by atoms with van der Waals surface area (Å²) in [5.41, 5.74) is 3.05. The molecule has 0 aliphatic carbocycles. The van der Waals surface area contributed by atoms with Gasteiger partial charge in [0.25, 0.3) is 0 Å². The van der Waals surface area contributed by atoms with Crippen molar-refractivity contribution in [2.24, 2.45) is 17.7 Å². The van der Waals surface area contributed by atoms with Crippen LogP contribution in [0, 0.1) is 11.8 Å². The molecule has 1 rings (SSSR count). The van der Waals surface area contributed by atoms with E-state index in [9.17, 15) is 0 Å². The third-order valence-electron chi connectivity index (χ3n) is 3.86. The van der Waals surface area contributed by atoms with Crippen LogP contribution in [-0.4, -0.2) is 19.3 Å². The lowest BCUT2D eigenvalue weighted by atomic mass is 9.81. The first-order valence-corrected chi connectivity index (χ1v) is 6.87. The van der Waals surface area contributed by atoms with Crippen LogP contribution in [0.5, 0.6) is 0 Å². The zero-order valence-electron chi connectivity index (χ0n) is 10.9. The Kier molecular flexibility index (Phi) is 7.01. The SMILES string of the molecule is CCCCC(CC)C(NN)C1CCCOC1. The first kappa shape index (κ1) is 13.9. The van der Waals surface area contributed by atoms with Crippen LogP contribution in [0.2, 0.25) is 0 Å². The van der Waals surface area contributed by atoms with Gasteiger partial charge in [-0.3, -0.25) is 11.3 Å². The molecule has 3 N–H and O–H groups in total. The summed E-state index contributed by atoms with van der Waals surface area (Å²) < 4.78 is 5.57. The van der Waals surface area contributed by atoms with Crippen molar-refractivity contribution < 1.29 is 4.74 Å². The Morgan fingerprint density at radius 2 is 2.25 bits per heavy atom. The van der Waals surface area contributed by atoms with E-state index in [4.69, 9.17) is 10.6 Å². The van der Waals surface area contributed by atoms with Crippen molar-refractivity contribution in [3.05, 3.63) is 0 Å². The molecule has 0 aromatic heterocycles. The van der Waals surface area contributed by atoms with E-state index in [1.54, 1.807) is 0 Å². The quantitative estimate of drug-likeness (QED) is 0.520. The largest absolute Gasteiger partial charge is 0.381 e. The Morgan fingerprint density at radius 1 is 1.44 bits per heavy atom. The van der Waals surface area contributed by atoms with Crippen molar-refractivity contribution >= 4 is 0 Å². The summed E-state index contributed by atoms with van der Waals surface area (Å²) in [6.07, 6.45) is 7.54. The highest BCUT2D eigenvalue weighted by Gasteiger charge is 2.28. The fraction of sp³-hybridized carbons (Fsp3) is 1.00. The number of nitrogens with two attached hydrogens (primary N) is 1. The molecule has 0 aromatic rings. The number of ether oxygens (including phenoxy) is 1. The summed E-state index contributed by atoms with van der Waals surface area (Å²) in [5, 5.41) is 0. The van der Waals surface area contributed by atoms with Crippen LogP contribution in [0.25, 0.3) is 0 Å². The molecule has 1 aliphatic heterocycles. The number of hydrogen-bond donors (Lipinski definition) is 2. The highest BCUT2D eigenvalue weighted by Crippen LogP contribution is 2.27. The number of hydrazine groups is 1. The molecule has 3 unspecified atom stereocenters. The normalized spacial score (nSPS) is 25.3. The average molecular weight is 228 g/mol. The van der Waals surface area contributed by atoms with Gasteiger partial charge in [0.15, 0.2) is 0 Å². The zero-order chi connectivity index (χ0) is 11.8. The molecule has 0 spiro atoms. The van der Waals surface area contributed by atoms with Gasteiger partial charge >= 0.3 is 0 Å². The standard InChI is InChI=1S/C13H28N2O/c1-3-5-7-11(4-2)13(15-14)12-8-6-9-16-10-12/h11-13,15H,3-10,14H2,1-2H3. The van der Waals surface area contributed by atoms with Crippen LogP contribution < -0.4 is 11.3 Å². The van der Waals surface area contributed by atoms with Gasteiger partial charge in [-0.2, -0.15) is 0 Å². The van der Waals surface area contributed by atoms with Crippen LogP contribution in [0.15, 0.2) is 0 Å². The molecule has 16 heavy (non-hydrogen) atoms. The van der Waals surface area contributed by atoms with Gasteiger partial charge in [-0.15, -0.1) is 0 Å². The Labute approximate surface area is 100 Å². The number of nitrogens with one attached hydrogen (secondary N) is 1. The van der Waals surface area contributed by atoms with E-state index in [-0.39, 0.29) is 0 Å². The average Bonchev–Trinajstić information content (AvgIpc) is 2.35. The Balaban J connectivity index is 2.47. The molecular formula is C13H28N2O. The molecule has 3 nitrogen and oxygen atoms in total. The molecule has 1 aliphatic rings. The minimum Gasteiger partial charge on any atom is -0.381 e. The van der Waals surface area contributed by atoms with E-state index < -0.39 is 0 Å². The summed E-state index contributed by atoms with van der Waals surface area (Å²) in [4.78, 5) is 0. The molecule has 96 valence electrons. The van der Waals surface area contributed by atoms with Gasteiger partial charge in [0.2, 0.25) is 0 Å². The Bertz CT molecular complexity index is 169. The predicted molar refractivity (Wildman–Crippen MR) is 68.0 cm³/mol. The fourth-order valence-corrected chi connectivity index (χ4v) is 2.81. The van der Waals surface area contributed by atoms with E-state index >= 15 is 0 Å². The highest BCUT2D eigenvalue weighted by molar-refractivity contribution is 4.82. The zero-order valence-corrected chi connectivity index (χ0v) is 10.9. The van der Waals surface area contributed by atoms with Crippen molar-refractivity contribution in [3.63, 3.8) is 0 Å². The van der Waals surface area contributed by atoms with Crippen LogP contribution in [-0.2, 0) is 4.74 Å². The van der Waals surface area contributed by atoms with Crippen molar-refractivity contribution in [3.8, 4) is 0 Å². The molecule has 0 bridgehead atoms. The first-order chi connectivity index (χ1) is 7.83. The smallest absolute Gasteiger partial charge is 0.0509 e. The van der Waals surface area contributed by atoms with Gasteiger partial charge in [-0.1, -0.05) is 33.1 Å². The second-order valence-corrected chi connectivity index (χ2v) is 4.98. The maximum Gasteiger partial charge on any atom is 0.0509 e. The van der Waals surface area contributed by atoms with E-state index in [0.29, 0.717) is 17.9 Å². The molecule has 0 amide bonds. The van der Waals surface area contributed by atoms with Gasteiger partial charge < -0.3 is 4.74 Å². The molecular weight excluding hydrogens is 200 g/mol. The van der Waals surface area contributed by atoms with Gasteiger partial charge in [0.1, 0.15) is 0 Å². The van der Waals surface area contributed by atoms with Gasteiger partial charge in [-0.25, -0.2) is 0 Å². The van der Waals surface area contributed by atoms with Crippen LogP contribution in [0.3, 0.4) is 0 Å². The van der Waals surface area contributed by atoms with Gasteiger partial charge in [-0.05, 0) is 31.1 Å². The second kappa shape index (κ2) is 8.04. The van der Waals surface area contributed by atoms with Gasteiger partial charge in [0, 0.05) is 12.6 Å². The minimum absolute atomic E-state index is 0.442. The monoisotopic (exact) mass is 228 g/mol. The lowest BCUT2D eigenvalue weighted by molar-refractivity contribution is 0.0269. The fourth-order valence-electron chi connectivity index (χ4n) is 2.81. The minimum atomic E-state index is 0.442. The lowest BCUT2D eigenvalue weighted by Crippen LogP contribution is -2.48. The van der Waals surface area contributed by atoms with Crippen LogP contribution in [0.4, 0.5) is 0 Å². The van der Waals surface area contributed by atoms with Crippen LogP contribution >= 0.6 is 0 Å². The Hall–Kier alpha value is -0.120. The topological polar surface area (TPSA) is 47.3 Å². The summed E-state index contributed by atoms with van der Waals surface area (Å²) in [5.74, 6) is 7.06. The molecule has 3 heteroatoms. The summed E-state index contributed by atoms with van der Waals surface area (Å²) in [6, 6.07) is 0.442. The highest BCUT2D eigenvalue weighted by atomic mass is 16.5. The molecule has 0 saturated carbocycles. The van der Waals surface area contributed by atoms with E-state index in [1.165, 1.54) is 38.5 Å². The number of unbranched alkanes of at least 4 members (excludes halogenated alkanes) is 1. The van der Waals surface area contributed by atoms with Crippen molar-refractivity contribution in [1.82, 2.24) is 5.43 Å². The Morgan fingerprint density at radius 3 is 2.75 bits per heavy atom. The summed E-state index contributed by atoms with van der Waals surface area (Å²) >= 11 is 0. The van der Waals surface area contributed by atoms with E-state index in [2.05, 4.69) is 19.3 Å². The molecule has 0 radical (unpaired) electrons. The summed E-state index contributed by atoms with van der Waals surface area (Å²) in [7, 11) is 0. The molecule has 3 atom stereocenters. The molecule has 0 aromatic carbocycles. The molecule has 1 saturated heterocycles. The van der Waals surface area contributed by atoms with Crippen molar-refractivity contribution in [1.29, 1.82) is 0 Å². The molecule has 1 heterocycles. The third-order valence-corrected chi connectivity index (χ3v) is 3.86. The maximum atomic E-state index is 5.75. The van der Waals surface area contributed by atoms with Crippen LogP contribution in [0.1, 0.15) is 52.4 Å². The van der Waals surface area contributed by atoms with E-state index in [0.717, 1.165) is 13.2 Å².